The Labute approximate surface area is 109 Å². The van der Waals surface area contributed by atoms with E-state index in [0.717, 1.165) is 32.1 Å². The van der Waals surface area contributed by atoms with Gasteiger partial charge < -0.3 is 9.84 Å². The summed E-state index contributed by atoms with van der Waals surface area (Å²) >= 11 is 0. The molecule has 0 aromatic carbocycles. The molecule has 3 nitrogen and oxygen atoms in total. The minimum Gasteiger partial charge on any atom is -0.465 e. The number of hydrogen-bond acceptors (Lipinski definition) is 3. The van der Waals surface area contributed by atoms with Crippen LogP contribution in [0.3, 0.4) is 0 Å². The molecule has 0 radical (unpaired) electrons. The van der Waals surface area contributed by atoms with Gasteiger partial charge in [-0.2, -0.15) is 0 Å². The summed E-state index contributed by atoms with van der Waals surface area (Å²) in [5, 5.41) is 11.1. The lowest BCUT2D eigenvalue weighted by Gasteiger charge is -2.51. The lowest BCUT2D eigenvalue weighted by Crippen LogP contribution is -2.52. The Morgan fingerprint density at radius 2 is 1.94 bits per heavy atom. The van der Waals surface area contributed by atoms with E-state index in [1.54, 1.807) is 0 Å². The van der Waals surface area contributed by atoms with Crippen LogP contribution in [-0.2, 0) is 9.53 Å². The number of ether oxygens (including phenoxy) is 1. The molecule has 2 aliphatic carbocycles. The predicted molar refractivity (Wildman–Crippen MR) is 67.9 cm³/mol. The first kappa shape index (κ1) is 12.5. The molecule has 0 spiro atoms. The zero-order valence-electron chi connectivity index (χ0n) is 11.3. The summed E-state index contributed by atoms with van der Waals surface area (Å²) in [7, 11) is 0. The maximum absolute atomic E-state index is 11.6. The molecule has 1 N–H and O–H groups in total. The van der Waals surface area contributed by atoms with Crippen LogP contribution in [0.1, 0.15) is 58.3 Å². The lowest BCUT2D eigenvalue weighted by atomic mass is 9.57. The van der Waals surface area contributed by atoms with Gasteiger partial charge in [0, 0.05) is 5.92 Å². The number of hydrogen-bond donors (Lipinski definition) is 1. The van der Waals surface area contributed by atoms with Crippen LogP contribution < -0.4 is 0 Å². The minimum absolute atomic E-state index is 0.0316. The number of rotatable bonds is 1. The fraction of sp³-hybridized carbons (Fsp3) is 0.933. The van der Waals surface area contributed by atoms with Crippen LogP contribution >= 0.6 is 0 Å². The summed E-state index contributed by atoms with van der Waals surface area (Å²) in [5.41, 5.74) is -0.509. The molecular weight excluding hydrogens is 228 g/mol. The van der Waals surface area contributed by atoms with E-state index >= 15 is 0 Å². The van der Waals surface area contributed by atoms with Gasteiger partial charge in [-0.1, -0.05) is 26.2 Å². The molecule has 0 unspecified atom stereocenters. The molecule has 0 aromatic rings. The van der Waals surface area contributed by atoms with Gasteiger partial charge in [-0.05, 0) is 37.5 Å². The molecule has 3 fully saturated rings. The highest BCUT2D eigenvalue weighted by Gasteiger charge is 2.54. The highest BCUT2D eigenvalue weighted by molar-refractivity contribution is 5.74. The van der Waals surface area contributed by atoms with Crippen molar-refractivity contribution in [2.24, 2.45) is 17.3 Å². The van der Waals surface area contributed by atoms with E-state index in [2.05, 4.69) is 6.92 Å². The summed E-state index contributed by atoms with van der Waals surface area (Å²) in [6.45, 7) is 2.78. The monoisotopic (exact) mass is 252 g/mol. The van der Waals surface area contributed by atoms with Crippen molar-refractivity contribution in [3.8, 4) is 0 Å². The fourth-order valence-corrected chi connectivity index (χ4v) is 4.44. The molecule has 3 heteroatoms. The third-order valence-electron chi connectivity index (χ3n) is 5.86. The summed E-state index contributed by atoms with van der Waals surface area (Å²) in [6.07, 6.45) is 8.41. The van der Waals surface area contributed by atoms with Crippen molar-refractivity contribution in [2.45, 2.75) is 63.9 Å². The molecule has 3 rings (SSSR count). The second-order valence-corrected chi connectivity index (χ2v) is 6.89. The van der Waals surface area contributed by atoms with Crippen molar-refractivity contribution in [3.05, 3.63) is 0 Å². The number of fused-ring (bicyclic) bond motifs is 1. The van der Waals surface area contributed by atoms with E-state index in [9.17, 15) is 9.90 Å². The third-order valence-corrected chi connectivity index (χ3v) is 5.86. The first-order chi connectivity index (χ1) is 8.54. The van der Waals surface area contributed by atoms with E-state index in [4.69, 9.17) is 4.74 Å². The molecule has 3 atom stereocenters. The van der Waals surface area contributed by atoms with Crippen LogP contribution in [0.2, 0.25) is 0 Å². The predicted octanol–water partition coefficient (Wildman–Crippen LogP) is 2.66. The SMILES string of the molecule is CC1([C@@]2(O)CC[C@H]3C(=O)OC[C@H]3C2)CCCCC1. The second-order valence-electron chi connectivity index (χ2n) is 6.89. The Morgan fingerprint density at radius 3 is 2.67 bits per heavy atom. The van der Waals surface area contributed by atoms with Gasteiger partial charge in [0.25, 0.3) is 0 Å². The molecule has 1 heterocycles. The van der Waals surface area contributed by atoms with Crippen molar-refractivity contribution >= 4 is 5.97 Å². The number of cyclic esters (lactones) is 1. The zero-order valence-corrected chi connectivity index (χ0v) is 11.3. The largest absolute Gasteiger partial charge is 0.465 e. The van der Waals surface area contributed by atoms with Crippen LogP contribution in [-0.4, -0.2) is 23.3 Å². The Balaban J connectivity index is 1.77. The summed E-state index contributed by atoms with van der Waals surface area (Å²) in [6, 6.07) is 0. The number of aliphatic hydroxyl groups is 1. The zero-order chi connectivity index (χ0) is 12.8. The van der Waals surface area contributed by atoms with Gasteiger partial charge in [0.05, 0.1) is 18.1 Å². The lowest BCUT2D eigenvalue weighted by molar-refractivity contribution is -0.147. The molecule has 0 bridgehead atoms. The maximum atomic E-state index is 11.6. The Hall–Kier alpha value is -0.570. The van der Waals surface area contributed by atoms with Crippen LogP contribution in [0.15, 0.2) is 0 Å². The fourth-order valence-electron chi connectivity index (χ4n) is 4.44. The maximum Gasteiger partial charge on any atom is 0.309 e. The molecule has 1 saturated heterocycles. The molecule has 1 aliphatic heterocycles. The first-order valence-electron chi connectivity index (χ1n) is 7.43. The van der Waals surface area contributed by atoms with Crippen LogP contribution in [0.4, 0.5) is 0 Å². The second kappa shape index (κ2) is 4.22. The summed E-state index contributed by atoms with van der Waals surface area (Å²) in [5.74, 6) is 0.295. The molecule has 18 heavy (non-hydrogen) atoms. The quantitative estimate of drug-likeness (QED) is 0.730. The van der Waals surface area contributed by atoms with Gasteiger partial charge in [0.2, 0.25) is 0 Å². The molecule has 0 amide bonds. The van der Waals surface area contributed by atoms with Gasteiger partial charge in [-0.25, -0.2) is 0 Å². The van der Waals surface area contributed by atoms with Gasteiger partial charge in [0.1, 0.15) is 0 Å². The first-order valence-corrected chi connectivity index (χ1v) is 7.43. The topological polar surface area (TPSA) is 46.5 Å². The smallest absolute Gasteiger partial charge is 0.309 e. The number of esters is 1. The normalized spacial score (nSPS) is 43.3. The van der Waals surface area contributed by atoms with E-state index in [0.29, 0.717) is 6.61 Å². The number of carbonyl (C=O) groups is 1. The molecule has 2 saturated carbocycles. The van der Waals surface area contributed by atoms with Crippen molar-refractivity contribution in [1.29, 1.82) is 0 Å². The summed E-state index contributed by atoms with van der Waals surface area (Å²) in [4.78, 5) is 11.6. The van der Waals surface area contributed by atoms with Crippen molar-refractivity contribution in [2.75, 3.05) is 6.61 Å². The van der Waals surface area contributed by atoms with Gasteiger partial charge in [-0.3, -0.25) is 4.79 Å². The van der Waals surface area contributed by atoms with Crippen LogP contribution in [0.25, 0.3) is 0 Å². The van der Waals surface area contributed by atoms with Gasteiger partial charge in [-0.15, -0.1) is 0 Å². The minimum atomic E-state index is -0.567. The van der Waals surface area contributed by atoms with Crippen LogP contribution in [0.5, 0.6) is 0 Å². The van der Waals surface area contributed by atoms with E-state index in [-0.39, 0.29) is 23.2 Å². The van der Waals surface area contributed by atoms with Crippen molar-refractivity contribution in [1.82, 2.24) is 0 Å². The third kappa shape index (κ3) is 1.78. The Bertz CT molecular complexity index is 346. The standard InChI is InChI=1S/C15H24O3/c1-14(6-3-2-4-7-14)15(17)8-5-12-11(9-15)10-18-13(12)16/h11-12,17H,2-10H2,1H3/t11-,12-,15-/m1/s1. The molecule has 3 aliphatic rings. The van der Waals surface area contributed by atoms with Crippen LogP contribution in [0, 0.1) is 17.3 Å². The molecular formula is C15H24O3. The Kier molecular flexibility index (Phi) is 2.92. The average molecular weight is 252 g/mol. The van der Waals surface area contributed by atoms with Gasteiger partial charge >= 0.3 is 5.97 Å². The average Bonchev–Trinajstić information content (AvgIpc) is 2.71. The molecule has 102 valence electrons. The van der Waals surface area contributed by atoms with E-state index in [1.165, 1.54) is 19.3 Å². The number of carbonyl (C=O) groups excluding carboxylic acids is 1. The van der Waals surface area contributed by atoms with E-state index in [1.807, 2.05) is 0 Å². The highest BCUT2D eigenvalue weighted by atomic mass is 16.5. The molecule has 0 aromatic heterocycles. The van der Waals surface area contributed by atoms with Gasteiger partial charge in [0.15, 0.2) is 0 Å². The van der Waals surface area contributed by atoms with E-state index < -0.39 is 5.60 Å². The van der Waals surface area contributed by atoms with Crippen molar-refractivity contribution in [3.63, 3.8) is 0 Å². The summed E-state index contributed by atoms with van der Waals surface area (Å²) < 4.78 is 5.16. The highest BCUT2D eigenvalue weighted by Crippen LogP contribution is 2.53. The van der Waals surface area contributed by atoms with Crippen molar-refractivity contribution < 1.29 is 14.6 Å². The Morgan fingerprint density at radius 1 is 1.22 bits per heavy atom.